The van der Waals surface area contributed by atoms with Gasteiger partial charge in [0, 0.05) is 5.33 Å². The van der Waals surface area contributed by atoms with E-state index in [1.54, 1.807) is 12.1 Å². The van der Waals surface area contributed by atoms with Crippen LogP contribution in [0.2, 0.25) is 0 Å². The molecule has 0 bridgehead atoms. The van der Waals surface area contributed by atoms with Crippen LogP contribution in [0.1, 0.15) is 0 Å². The zero-order chi connectivity index (χ0) is 9.68. The van der Waals surface area contributed by atoms with Crippen molar-refractivity contribution in [3.8, 4) is 11.5 Å². The molecule has 1 rings (SSSR count). The number of hydrogen-bond acceptors (Lipinski definition) is 3. The largest absolute Gasteiger partial charge is 0.508 e. The van der Waals surface area contributed by atoms with E-state index in [1.165, 1.54) is 12.1 Å². The number of aliphatic hydroxyl groups is 1. The lowest BCUT2D eigenvalue weighted by Crippen LogP contribution is -2.18. The summed E-state index contributed by atoms with van der Waals surface area (Å²) in [6.45, 7) is 0.246. The zero-order valence-electron chi connectivity index (χ0n) is 6.98. The van der Waals surface area contributed by atoms with E-state index in [1.807, 2.05) is 0 Å². The van der Waals surface area contributed by atoms with Gasteiger partial charge in [0.15, 0.2) is 0 Å². The molecule has 0 heterocycles. The van der Waals surface area contributed by atoms with Crippen LogP contribution in [-0.4, -0.2) is 28.3 Å². The molecule has 1 aromatic rings. The standard InChI is InChI=1S/C9H11BrO3/c10-5-8(12)6-13-9-3-1-7(11)2-4-9/h1-4,8,11-12H,5-6H2/t8-/m0/s1. The van der Waals surface area contributed by atoms with Crippen molar-refractivity contribution in [3.05, 3.63) is 24.3 Å². The van der Waals surface area contributed by atoms with E-state index < -0.39 is 6.10 Å². The van der Waals surface area contributed by atoms with Crippen LogP contribution in [-0.2, 0) is 0 Å². The number of halogens is 1. The predicted octanol–water partition coefficient (Wildman–Crippen LogP) is 1.53. The van der Waals surface area contributed by atoms with Gasteiger partial charge in [0.05, 0.1) is 6.10 Å². The fourth-order valence-electron chi connectivity index (χ4n) is 0.779. The van der Waals surface area contributed by atoms with Crippen molar-refractivity contribution < 1.29 is 14.9 Å². The molecule has 0 aliphatic carbocycles. The minimum atomic E-state index is -0.506. The highest BCUT2D eigenvalue weighted by molar-refractivity contribution is 9.09. The molecular weight excluding hydrogens is 236 g/mol. The first-order chi connectivity index (χ1) is 6.22. The Bertz CT molecular complexity index is 248. The Labute approximate surface area is 85.1 Å². The third-order valence-corrected chi connectivity index (χ3v) is 2.20. The molecule has 4 heteroatoms. The van der Waals surface area contributed by atoms with Gasteiger partial charge in [-0.05, 0) is 24.3 Å². The molecule has 1 atom stereocenters. The first-order valence-electron chi connectivity index (χ1n) is 3.88. The van der Waals surface area contributed by atoms with E-state index in [0.29, 0.717) is 11.1 Å². The number of phenols is 1. The molecule has 0 aromatic heterocycles. The summed E-state index contributed by atoms with van der Waals surface area (Å²) in [4.78, 5) is 0. The van der Waals surface area contributed by atoms with Gasteiger partial charge in [-0.2, -0.15) is 0 Å². The number of ether oxygens (including phenoxy) is 1. The second-order valence-electron chi connectivity index (χ2n) is 2.61. The van der Waals surface area contributed by atoms with Crippen LogP contribution in [0, 0.1) is 0 Å². The molecule has 0 saturated carbocycles. The number of rotatable bonds is 4. The molecule has 0 saturated heterocycles. The Balaban J connectivity index is 2.41. The molecule has 1 aromatic carbocycles. The maximum atomic E-state index is 9.15. The minimum Gasteiger partial charge on any atom is -0.508 e. The fraction of sp³-hybridized carbons (Fsp3) is 0.333. The number of benzene rings is 1. The van der Waals surface area contributed by atoms with E-state index in [4.69, 9.17) is 14.9 Å². The molecule has 0 aliphatic heterocycles. The van der Waals surface area contributed by atoms with Gasteiger partial charge in [-0.25, -0.2) is 0 Å². The van der Waals surface area contributed by atoms with Gasteiger partial charge in [-0.15, -0.1) is 0 Å². The van der Waals surface area contributed by atoms with Gasteiger partial charge in [0.1, 0.15) is 18.1 Å². The van der Waals surface area contributed by atoms with Crippen molar-refractivity contribution >= 4 is 15.9 Å². The van der Waals surface area contributed by atoms with Crippen molar-refractivity contribution in [2.24, 2.45) is 0 Å². The normalized spacial score (nSPS) is 12.5. The van der Waals surface area contributed by atoms with E-state index in [2.05, 4.69) is 15.9 Å². The molecule has 0 radical (unpaired) electrons. The van der Waals surface area contributed by atoms with E-state index in [-0.39, 0.29) is 12.4 Å². The number of phenolic OH excluding ortho intramolecular Hbond substituents is 1. The van der Waals surface area contributed by atoms with E-state index in [0.717, 1.165) is 0 Å². The quantitative estimate of drug-likeness (QED) is 0.793. The fourth-order valence-corrected chi connectivity index (χ4v) is 0.966. The van der Waals surface area contributed by atoms with E-state index in [9.17, 15) is 0 Å². The molecule has 0 amide bonds. The van der Waals surface area contributed by atoms with Crippen LogP contribution in [0.4, 0.5) is 0 Å². The van der Waals surface area contributed by atoms with Gasteiger partial charge in [-0.3, -0.25) is 0 Å². The Morgan fingerprint density at radius 3 is 2.46 bits per heavy atom. The molecule has 13 heavy (non-hydrogen) atoms. The molecule has 0 unspecified atom stereocenters. The Hall–Kier alpha value is -0.740. The number of alkyl halides is 1. The molecule has 0 fully saturated rings. The van der Waals surface area contributed by atoms with Crippen LogP contribution >= 0.6 is 15.9 Å². The maximum absolute atomic E-state index is 9.15. The van der Waals surface area contributed by atoms with Gasteiger partial charge in [0.2, 0.25) is 0 Å². The van der Waals surface area contributed by atoms with Gasteiger partial charge < -0.3 is 14.9 Å². The average Bonchev–Trinajstić information content (AvgIpc) is 2.16. The maximum Gasteiger partial charge on any atom is 0.119 e. The number of aromatic hydroxyl groups is 1. The third kappa shape index (κ3) is 3.65. The SMILES string of the molecule is Oc1ccc(OC[C@@H](O)CBr)cc1. The lowest BCUT2D eigenvalue weighted by atomic mass is 10.3. The highest BCUT2D eigenvalue weighted by Gasteiger charge is 2.02. The van der Waals surface area contributed by atoms with Gasteiger partial charge in [-0.1, -0.05) is 15.9 Å². The number of hydrogen-bond donors (Lipinski definition) is 2. The summed E-state index contributed by atoms with van der Waals surface area (Å²) in [6.07, 6.45) is -0.506. The summed E-state index contributed by atoms with van der Waals surface area (Å²) in [6, 6.07) is 6.37. The molecule has 3 nitrogen and oxygen atoms in total. The minimum absolute atomic E-state index is 0.202. The second kappa shape index (κ2) is 5.09. The summed E-state index contributed by atoms with van der Waals surface area (Å²) in [5.41, 5.74) is 0. The second-order valence-corrected chi connectivity index (χ2v) is 3.26. The first-order valence-corrected chi connectivity index (χ1v) is 5.00. The first kappa shape index (κ1) is 10.3. The van der Waals surface area contributed by atoms with Crippen LogP contribution < -0.4 is 4.74 Å². The molecule has 0 spiro atoms. The van der Waals surface area contributed by atoms with Crippen molar-refractivity contribution in [1.82, 2.24) is 0 Å². The summed E-state index contributed by atoms with van der Waals surface area (Å²) >= 11 is 3.13. The topological polar surface area (TPSA) is 49.7 Å². The molecule has 2 N–H and O–H groups in total. The number of aliphatic hydroxyl groups excluding tert-OH is 1. The Morgan fingerprint density at radius 1 is 1.31 bits per heavy atom. The average molecular weight is 247 g/mol. The predicted molar refractivity (Wildman–Crippen MR) is 53.4 cm³/mol. The van der Waals surface area contributed by atoms with Crippen molar-refractivity contribution in [3.63, 3.8) is 0 Å². The summed E-state index contributed by atoms with van der Waals surface area (Å²) in [5, 5.41) is 18.6. The molecule has 72 valence electrons. The third-order valence-electron chi connectivity index (χ3n) is 1.46. The zero-order valence-corrected chi connectivity index (χ0v) is 8.57. The van der Waals surface area contributed by atoms with Crippen LogP contribution in [0.5, 0.6) is 11.5 Å². The summed E-state index contributed by atoms with van der Waals surface area (Å²) in [5.74, 6) is 0.839. The summed E-state index contributed by atoms with van der Waals surface area (Å²) in [7, 11) is 0. The lowest BCUT2D eigenvalue weighted by Gasteiger charge is -2.09. The van der Waals surface area contributed by atoms with Crippen molar-refractivity contribution in [2.45, 2.75) is 6.10 Å². The highest BCUT2D eigenvalue weighted by atomic mass is 79.9. The summed E-state index contributed by atoms with van der Waals surface area (Å²) < 4.78 is 5.22. The Morgan fingerprint density at radius 2 is 1.92 bits per heavy atom. The van der Waals surface area contributed by atoms with E-state index >= 15 is 0 Å². The van der Waals surface area contributed by atoms with Gasteiger partial charge >= 0.3 is 0 Å². The molecule has 0 aliphatic rings. The van der Waals surface area contributed by atoms with Crippen molar-refractivity contribution in [2.75, 3.05) is 11.9 Å². The smallest absolute Gasteiger partial charge is 0.119 e. The molecular formula is C9H11BrO3. The monoisotopic (exact) mass is 246 g/mol. The van der Waals surface area contributed by atoms with Crippen molar-refractivity contribution in [1.29, 1.82) is 0 Å². The Kier molecular flexibility index (Phi) is 4.05. The van der Waals surface area contributed by atoms with Gasteiger partial charge in [0.25, 0.3) is 0 Å². The van der Waals surface area contributed by atoms with Crippen LogP contribution in [0.15, 0.2) is 24.3 Å². The highest BCUT2D eigenvalue weighted by Crippen LogP contribution is 2.15. The van der Waals surface area contributed by atoms with Crippen LogP contribution in [0.25, 0.3) is 0 Å². The van der Waals surface area contributed by atoms with Crippen LogP contribution in [0.3, 0.4) is 0 Å². The lowest BCUT2D eigenvalue weighted by molar-refractivity contribution is 0.127.